The average Bonchev–Trinajstić information content (AvgIpc) is 2.95. The summed E-state index contributed by atoms with van der Waals surface area (Å²) in [5, 5.41) is 9.98. The minimum absolute atomic E-state index is 0.182. The lowest BCUT2D eigenvalue weighted by Gasteiger charge is -2.06. The molecule has 21 heavy (non-hydrogen) atoms. The summed E-state index contributed by atoms with van der Waals surface area (Å²) < 4.78 is 0. The van der Waals surface area contributed by atoms with Crippen LogP contribution in [0, 0.1) is 6.92 Å². The van der Waals surface area contributed by atoms with Crippen LogP contribution in [0.25, 0.3) is 11.3 Å². The number of nitrogens with zero attached hydrogens (tertiary/aromatic N) is 2. The molecule has 0 atom stereocenters. The highest BCUT2D eigenvalue weighted by molar-refractivity contribution is 6.04. The van der Waals surface area contributed by atoms with Crippen LogP contribution in [0.15, 0.2) is 54.9 Å². The number of aryl methyl sites for hydroxylation is 1. The quantitative estimate of drug-likeness (QED) is 0.773. The molecule has 0 fully saturated rings. The number of benzene rings is 1. The average molecular weight is 278 g/mol. The monoisotopic (exact) mass is 278 g/mol. The maximum absolute atomic E-state index is 12.1. The minimum atomic E-state index is -0.182. The Morgan fingerprint density at radius 3 is 2.81 bits per heavy atom. The number of carbonyl (C=O) groups is 1. The molecular formula is C16H14N4O. The number of carbonyl (C=O) groups excluding carboxylic acids is 1. The van der Waals surface area contributed by atoms with Gasteiger partial charge in [0.2, 0.25) is 0 Å². The van der Waals surface area contributed by atoms with Gasteiger partial charge in [0, 0.05) is 29.3 Å². The van der Waals surface area contributed by atoms with E-state index in [4.69, 9.17) is 0 Å². The summed E-state index contributed by atoms with van der Waals surface area (Å²) in [4.78, 5) is 16.0. The molecule has 2 N–H and O–H groups in total. The van der Waals surface area contributed by atoms with Crippen LogP contribution in [0.4, 0.5) is 5.69 Å². The molecule has 0 saturated heterocycles. The Morgan fingerprint density at radius 1 is 1.19 bits per heavy atom. The van der Waals surface area contributed by atoms with Crippen molar-refractivity contribution < 1.29 is 4.79 Å². The SMILES string of the molecule is Cc1cc(-c2cccc(NC(=O)c3cccnc3)c2)n[nH]1. The summed E-state index contributed by atoms with van der Waals surface area (Å²) in [6.45, 7) is 1.95. The molecule has 3 rings (SSSR count). The number of hydrogen-bond donors (Lipinski definition) is 2. The Bertz CT molecular complexity index is 765. The summed E-state index contributed by atoms with van der Waals surface area (Å²) >= 11 is 0. The standard InChI is InChI=1S/C16H14N4O/c1-11-8-15(20-19-11)12-4-2-6-14(9-12)18-16(21)13-5-3-7-17-10-13/h2-10H,1H3,(H,18,21)(H,19,20). The summed E-state index contributed by atoms with van der Waals surface area (Å²) in [5.74, 6) is -0.182. The fourth-order valence-electron chi connectivity index (χ4n) is 2.02. The Morgan fingerprint density at radius 2 is 2.10 bits per heavy atom. The van der Waals surface area contributed by atoms with Crippen LogP contribution in [0.3, 0.4) is 0 Å². The lowest BCUT2D eigenvalue weighted by atomic mass is 10.1. The first-order valence-corrected chi connectivity index (χ1v) is 6.56. The summed E-state index contributed by atoms with van der Waals surface area (Å²) in [5.41, 5.74) is 4.05. The summed E-state index contributed by atoms with van der Waals surface area (Å²) in [6.07, 6.45) is 3.17. The van der Waals surface area contributed by atoms with Gasteiger partial charge in [0.1, 0.15) is 0 Å². The molecular weight excluding hydrogens is 264 g/mol. The fourth-order valence-corrected chi connectivity index (χ4v) is 2.02. The van der Waals surface area contributed by atoms with Gasteiger partial charge in [-0.25, -0.2) is 0 Å². The van der Waals surface area contributed by atoms with Gasteiger partial charge < -0.3 is 5.32 Å². The molecule has 2 aromatic heterocycles. The molecule has 0 saturated carbocycles. The summed E-state index contributed by atoms with van der Waals surface area (Å²) in [6, 6.07) is 13.0. The maximum Gasteiger partial charge on any atom is 0.257 e. The first-order chi connectivity index (χ1) is 10.2. The van der Waals surface area contributed by atoms with Crippen molar-refractivity contribution in [3.63, 3.8) is 0 Å². The van der Waals surface area contributed by atoms with Crippen LogP contribution in [0.2, 0.25) is 0 Å². The van der Waals surface area contributed by atoms with Crippen LogP contribution < -0.4 is 5.32 Å². The van der Waals surface area contributed by atoms with Gasteiger partial charge in [0.05, 0.1) is 11.3 Å². The van der Waals surface area contributed by atoms with Crippen molar-refractivity contribution in [3.8, 4) is 11.3 Å². The van der Waals surface area contributed by atoms with Gasteiger partial charge in [-0.1, -0.05) is 12.1 Å². The zero-order valence-electron chi connectivity index (χ0n) is 11.5. The van der Waals surface area contributed by atoms with Gasteiger partial charge >= 0.3 is 0 Å². The molecule has 1 aromatic carbocycles. The normalized spacial score (nSPS) is 10.3. The van der Waals surface area contributed by atoms with Gasteiger partial charge in [0.15, 0.2) is 0 Å². The van der Waals surface area contributed by atoms with E-state index in [1.165, 1.54) is 6.20 Å². The third-order valence-corrected chi connectivity index (χ3v) is 3.05. The van der Waals surface area contributed by atoms with Crippen molar-refractivity contribution in [1.82, 2.24) is 15.2 Å². The molecule has 0 aliphatic heterocycles. The number of H-pyrrole nitrogens is 1. The lowest BCUT2D eigenvalue weighted by molar-refractivity contribution is 0.102. The van der Waals surface area contributed by atoms with Gasteiger partial charge in [0.25, 0.3) is 5.91 Å². The Hall–Kier alpha value is -2.95. The van der Waals surface area contributed by atoms with E-state index in [1.807, 2.05) is 37.3 Å². The number of aromatic nitrogens is 3. The van der Waals surface area contributed by atoms with E-state index in [2.05, 4.69) is 20.5 Å². The van der Waals surface area contributed by atoms with E-state index in [1.54, 1.807) is 18.3 Å². The number of nitrogens with one attached hydrogen (secondary N) is 2. The Balaban J connectivity index is 1.82. The van der Waals surface area contributed by atoms with Gasteiger partial charge in [-0.3, -0.25) is 14.9 Å². The third kappa shape index (κ3) is 2.97. The molecule has 0 radical (unpaired) electrons. The van der Waals surface area contributed by atoms with E-state index in [0.717, 1.165) is 22.6 Å². The van der Waals surface area contributed by atoms with Gasteiger partial charge in [-0.05, 0) is 37.3 Å². The summed E-state index contributed by atoms with van der Waals surface area (Å²) in [7, 11) is 0. The molecule has 0 aliphatic carbocycles. The van der Waals surface area contributed by atoms with E-state index in [9.17, 15) is 4.79 Å². The second kappa shape index (κ2) is 5.58. The highest BCUT2D eigenvalue weighted by atomic mass is 16.1. The second-order valence-electron chi connectivity index (χ2n) is 4.71. The Labute approximate surface area is 122 Å². The second-order valence-corrected chi connectivity index (χ2v) is 4.71. The first-order valence-electron chi connectivity index (χ1n) is 6.56. The van der Waals surface area contributed by atoms with Crippen LogP contribution in [0.1, 0.15) is 16.1 Å². The highest BCUT2D eigenvalue weighted by Gasteiger charge is 2.07. The largest absolute Gasteiger partial charge is 0.322 e. The smallest absolute Gasteiger partial charge is 0.257 e. The number of pyridine rings is 1. The Kier molecular flexibility index (Phi) is 3.47. The minimum Gasteiger partial charge on any atom is -0.322 e. The number of hydrogen-bond acceptors (Lipinski definition) is 3. The molecule has 0 bridgehead atoms. The molecule has 5 nitrogen and oxygen atoms in total. The predicted molar refractivity (Wildman–Crippen MR) is 81.0 cm³/mol. The van der Waals surface area contributed by atoms with Gasteiger partial charge in [-0.2, -0.15) is 5.10 Å². The van der Waals surface area contributed by atoms with E-state index >= 15 is 0 Å². The molecule has 5 heteroatoms. The van der Waals surface area contributed by atoms with Crippen LogP contribution in [-0.4, -0.2) is 21.1 Å². The third-order valence-electron chi connectivity index (χ3n) is 3.05. The van der Waals surface area contributed by atoms with E-state index in [0.29, 0.717) is 5.56 Å². The molecule has 0 spiro atoms. The molecule has 0 aliphatic rings. The van der Waals surface area contributed by atoms with Crippen molar-refractivity contribution in [2.24, 2.45) is 0 Å². The van der Waals surface area contributed by atoms with E-state index < -0.39 is 0 Å². The zero-order valence-corrected chi connectivity index (χ0v) is 11.5. The first kappa shape index (κ1) is 13.1. The lowest BCUT2D eigenvalue weighted by Crippen LogP contribution is -2.11. The number of aromatic amines is 1. The van der Waals surface area contributed by atoms with Crippen molar-refractivity contribution in [3.05, 3.63) is 66.1 Å². The number of rotatable bonds is 3. The molecule has 0 unspecified atom stereocenters. The van der Waals surface area contributed by atoms with Crippen LogP contribution in [0.5, 0.6) is 0 Å². The molecule has 2 heterocycles. The van der Waals surface area contributed by atoms with E-state index in [-0.39, 0.29) is 5.91 Å². The maximum atomic E-state index is 12.1. The number of anilines is 1. The fraction of sp³-hybridized carbons (Fsp3) is 0.0625. The predicted octanol–water partition coefficient (Wildman–Crippen LogP) is 3.03. The van der Waals surface area contributed by atoms with Crippen LogP contribution in [-0.2, 0) is 0 Å². The van der Waals surface area contributed by atoms with Crippen molar-refractivity contribution in [1.29, 1.82) is 0 Å². The van der Waals surface area contributed by atoms with Gasteiger partial charge in [-0.15, -0.1) is 0 Å². The molecule has 3 aromatic rings. The van der Waals surface area contributed by atoms with Crippen molar-refractivity contribution >= 4 is 11.6 Å². The highest BCUT2D eigenvalue weighted by Crippen LogP contribution is 2.21. The van der Waals surface area contributed by atoms with Crippen molar-refractivity contribution in [2.45, 2.75) is 6.92 Å². The topological polar surface area (TPSA) is 70.7 Å². The van der Waals surface area contributed by atoms with Crippen molar-refractivity contribution in [2.75, 3.05) is 5.32 Å². The number of amides is 1. The molecule has 104 valence electrons. The zero-order chi connectivity index (χ0) is 14.7. The molecule has 1 amide bonds. The van der Waals surface area contributed by atoms with Crippen LogP contribution >= 0.6 is 0 Å².